The molecule has 2 aromatic heterocycles. The molecule has 29 heavy (non-hydrogen) atoms. The van der Waals surface area contributed by atoms with Crippen LogP contribution in [0.2, 0.25) is 0 Å². The van der Waals surface area contributed by atoms with E-state index in [4.69, 9.17) is 4.74 Å². The molecule has 1 saturated heterocycles. The third-order valence-corrected chi connectivity index (χ3v) is 5.83. The molecule has 0 amide bonds. The van der Waals surface area contributed by atoms with Gasteiger partial charge < -0.3 is 29.9 Å². The fraction of sp³-hybridized carbons (Fsp3) is 0.238. The maximum absolute atomic E-state index is 10.5. The van der Waals surface area contributed by atoms with Crippen molar-refractivity contribution >= 4 is 33.3 Å². The van der Waals surface area contributed by atoms with Crippen LogP contribution < -0.4 is 5.32 Å². The average Bonchev–Trinajstić information content (AvgIpc) is 3.26. The number of aromatic nitrogens is 3. The van der Waals surface area contributed by atoms with Gasteiger partial charge in [0, 0.05) is 23.0 Å². The van der Waals surface area contributed by atoms with Crippen molar-refractivity contribution in [3.63, 3.8) is 0 Å². The molecular formula is C21H18N4O4. The van der Waals surface area contributed by atoms with Gasteiger partial charge in [0.2, 0.25) is 0 Å². The van der Waals surface area contributed by atoms with Gasteiger partial charge in [-0.1, -0.05) is 24.3 Å². The quantitative estimate of drug-likeness (QED) is 0.364. The molecule has 2 aromatic carbocycles. The summed E-state index contributed by atoms with van der Waals surface area (Å²) in [4.78, 5) is 8.80. The van der Waals surface area contributed by atoms with Gasteiger partial charge >= 0.3 is 0 Å². The highest BCUT2D eigenvalue weighted by molar-refractivity contribution is 6.11. The Morgan fingerprint density at radius 2 is 1.83 bits per heavy atom. The molecule has 2 aliphatic rings. The van der Waals surface area contributed by atoms with E-state index in [1.54, 1.807) is 4.57 Å². The minimum atomic E-state index is -1.18. The van der Waals surface area contributed by atoms with E-state index < -0.39 is 24.5 Å². The van der Waals surface area contributed by atoms with Gasteiger partial charge in [-0.25, -0.2) is 9.97 Å². The molecule has 4 aromatic rings. The molecule has 0 bridgehead atoms. The predicted molar refractivity (Wildman–Crippen MR) is 107 cm³/mol. The first-order valence-electron chi connectivity index (χ1n) is 9.44. The Morgan fingerprint density at radius 1 is 1.03 bits per heavy atom. The summed E-state index contributed by atoms with van der Waals surface area (Å²) in [6, 6.07) is 12.3. The standard InChI is InChI=1S/C21H18N4O4/c26-8-15-17(27)18(28)21(29-15)25-7-13-12-5-10-3-1-2-4-11(10)6-14(12)24-19-16(13)20(25)23-9-22-19/h1-7,9,15,17-18,21,26-28H,8H2,(H,22,23,24)/t15-,17-,18-,21-/m1/s1. The smallest absolute Gasteiger partial charge is 0.164 e. The number of fused-ring (bicyclic) bond motifs is 3. The van der Waals surface area contributed by atoms with E-state index in [-0.39, 0.29) is 6.61 Å². The molecule has 0 aliphatic carbocycles. The van der Waals surface area contributed by atoms with Gasteiger partial charge in [0.15, 0.2) is 6.23 Å². The van der Waals surface area contributed by atoms with Crippen molar-refractivity contribution in [1.29, 1.82) is 0 Å². The number of hydrogen-bond acceptors (Lipinski definition) is 7. The number of aliphatic hydroxyl groups excluding tert-OH is 3. The van der Waals surface area contributed by atoms with E-state index in [0.29, 0.717) is 11.5 Å². The van der Waals surface area contributed by atoms with Crippen LogP contribution in [-0.4, -0.2) is 54.8 Å². The van der Waals surface area contributed by atoms with Crippen molar-refractivity contribution in [2.45, 2.75) is 24.5 Å². The Kier molecular flexibility index (Phi) is 3.48. The summed E-state index contributed by atoms with van der Waals surface area (Å²) < 4.78 is 7.45. The molecule has 146 valence electrons. The van der Waals surface area contributed by atoms with Crippen LogP contribution in [0.25, 0.3) is 32.9 Å². The van der Waals surface area contributed by atoms with E-state index in [1.165, 1.54) is 6.33 Å². The molecule has 6 rings (SSSR count). The molecular weight excluding hydrogens is 372 g/mol. The van der Waals surface area contributed by atoms with Crippen molar-refractivity contribution < 1.29 is 20.1 Å². The van der Waals surface area contributed by atoms with Crippen molar-refractivity contribution in [1.82, 2.24) is 14.5 Å². The first kappa shape index (κ1) is 16.9. The van der Waals surface area contributed by atoms with Crippen LogP contribution in [-0.2, 0) is 4.74 Å². The number of aliphatic hydroxyl groups is 3. The number of nitrogens with one attached hydrogen (secondary N) is 1. The summed E-state index contributed by atoms with van der Waals surface area (Å²) >= 11 is 0. The zero-order chi connectivity index (χ0) is 19.7. The Labute approximate surface area is 165 Å². The maximum atomic E-state index is 10.5. The topological polar surface area (TPSA) is 113 Å². The maximum Gasteiger partial charge on any atom is 0.164 e. The molecule has 2 aliphatic heterocycles. The predicted octanol–water partition coefficient (Wildman–Crippen LogP) is 1.92. The number of nitrogens with zero attached hydrogens (tertiary/aromatic N) is 3. The van der Waals surface area contributed by atoms with Gasteiger partial charge in [-0.15, -0.1) is 0 Å². The summed E-state index contributed by atoms with van der Waals surface area (Å²) in [5.74, 6) is 0.679. The van der Waals surface area contributed by atoms with Gasteiger partial charge in [-0.2, -0.15) is 0 Å². The molecule has 4 atom stereocenters. The summed E-state index contributed by atoms with van der Waals surface area (Å²) in [6.07, 6.45) is -0.735. The normalized spacial score (nSPS) is 25.3. The monoisotopic (exact) mass is 390 g/mol. The van der Waals surface area contributed by atoms with Crippen LogP contribution in [0.4, 0.5) is 11.5 Å². The van der Waals surface area contributed by atoms with Gasteiger partial charge in [-0.3, -0.25) is 0 Å². The number of hydrogen-bond donors (Lipinski definition) is 4. The third kappa shape index (κ3) is 2.28. The third-order valence-electron chi connectivity index (χ3n) is 5.83. The molecule has 4 N–H and O–H groups in total. The first-order valence-corrected chi connectivity index (χ1v) is 9.44. The average molecular weight is 390 g/mol. The molecule has 1 fully saturated rings. The second-order valence-corrected chi connectivity index (χ2v) is 7.47. The molecule has 0 unspecified atom stereocenters. The lowest BCUT2D eigenvalue weighted by atomic mass is 9.97. The summed E-state index contributed by atoms with van der Waals surface area (Å²) in [5.41, 5.74) is 3.45. The highest BCUT2D eigenvalue weighted by atomic mass is 16.6. The lowest BCUT2D eigenvalue weighted by Crippen LogP contribution is -2.33. The highest BCUT2D eigenvalue weighted by Gasteiger charge is 2.44. The number of rotatable bonds is 2. The van der Waals surface area contributed by atoms with Crippen LogP contribution in [0.3, 0.4) is 0 Å². The van der Waals surface area contributed by atoms with Crippen LogP contribution in [0, 0.1) is 0 Å². The second-order valence-electron chi connectivity index (χ2n) is 7.47. The van der Waals surface area contributed by atoms with Crippen LogP contribution in [0.1, 0.15) is 6.23 Å². The first-order chi connectivity index (χ1) is 14.2. The highest BCUT2D eigenvalue weighted by Crippen LogP contribution is 2.46. The van der Waals surface area contributed by atoms with Gasteiger partial charge in [0.05, 0.1) is 12.0 Å². The summed E-state index contributed by atoms with van der Waals surface area (Å²) in [5, 5.41) is 36.6. The molecule has 0 radical (unpaired) electrons. The zero-order valence-corrected chi connectivity index (χ0v) is 15.2. The Bertz CT molecular complexity index is 1270. The minimum Gasteiger partial charge on any atom is -0.394 e. The Balaban J connectivity index is 1.58. The fourth-order valence-corrected chi connectivity index (χ4v) is 4.38. The summed E-state index contributed by atoms with van der Waals surface area (Å²) in [7, 11) is 0. The molecule has 0 saturated carbocycles. The van der Waals surface area contributed by atoms with E-state index in [9.17, 15) is 15.3 Å². The van der Waals surface area contributed by atoms with Crippen LogP contribution >= 0.6 is 0 Å². The lowest BCUT2D eigenvalue weighted by Gasteiger charge is -2.18. The van der Waals surface area contributed by atoms with Crippen molar-refractivity contribution in [2.24, 2.45) is 0 Å². The van der Waals surface area contributed by atoms with E-state index in [1.807, 2.05) is 18.3 Å². The number of benzene rings is 2. The molecule has 4 heterocycles. The summed E-state index contributed by atoms with van der Waals surface area (Å²) in [6.45, 7) is -0.378. The molecule has 8 heteroatoms. The minimum absolute atomic E-state index is 0.378. The number of ether oxygens (including phenoxy) is 1. The SMILES string of the molecule is OC[C@H]1O[C@@H](n2cc3c4c(ncnc42)Nc2cc4ccccc4cc2-3)[C@H](O)[C@@H]1O. The van der Waals surface area contributed by atoms with Gasteiger partial charge in [0.1, 0.15) is 36.1 Å². The fourth-order valence-electron chi connectivity index (χ4n) is 4.38. The van der Waals surface area contributed by atoms with Crippen molar-refractivity contribution in [2.75, 3.05) is 11.9 Å². The lowest BCUT2D eigenvalue weighted by molar-refractivity contribution is -0.0508. The van der Waals surface area contributed by atoms with E-state index in [0.717, 1.165) is 33.0 Å². The Morgan fingerprint density at radius 3 is 2.59 bits per heavy atom. The van der Waals surface area contributed by atoms with Gasteiger partial charge in [-0.05, 0) is 22.9 Å². The van der Waals surface area contributed by atoms with E-state index >= 15 is 0 Å². The zero-order valence-electron chi connectivity index (χ0n) is 15.2. The van der Waals surface area contributed by atoms with Gasteiger partial charge in [0.25, 0.3) is 0 Å². The van der Waals surface area contributed by atoms with Crippen LogP contribution in [0.5, 0.6) is 0 Å². The van der Waals surface area contributed by atoms with E-state index in [2.05, 4.69) is 39.6 Å². The van der Waals surface area contributed by atoms with Crippen LogP contribution in [0.15, 0.2) is 48.9 Å². The second kappa shape index (κ2) is 5.98. The number of anilines is 2. The molecule has 8 nitrogen and oxygen atoms in total. The van der Waals surface area contributed by atoms with Crippen molar-refractivity contribution in [3.8, 4) is 11.1 Å². The largest absolute Gasteiger partial charge is 0.394 e. The molecule has 0 spiro atoms. The van der Waals surface area contributed by atoms with Crippen molar-refractivity contribution in [3.05, 3.63) is 48.9 Å². The Hall–Kier alpha value is -3.04.